The summed E-state index contributed by atoms with van der Waals surface area (Å²) in [5.41, 5.74) is 0.476. The second kappa shape index (κ2) is 6.42. The van der Waals surface area contributed by atoms with Crippen molar-refractivity contribution >= 4 is 5.95 Å². The fraction of sp³-hybridized carbons (Fsp3) is 0.800. The van der Waals surface area contributed by atoms with Gasteiger partial charge in [0.1, 0.15) is 0 Å². The fourth-order valence-electron chi connectivity index (χ4n) is 2.85. The minimum Gasteiger partial charge on any atom is -0.382 e. The van der Waals surface area contributed by atoms with Crippen LogP contribution in [0.25, 0.3) is 0 Å². The highest BCUT2D eigenvalue weighted by atomic mass is 16.5. The summed E-state index contributed by atoms with van der Waals surface area (Å²) in [6.45, 7) is 9.33. The van der Waals surface area contributed by atoms with Crippen LogP contribution in [0.1, 0.15) is 46.5 Å². The second-order valence-corrected chi connectivity index (χ2v) is 6.24. The van der Waals surface area contributed by atoms with Crippen LogP contribution in [0.4, 0.5) is 5.95 Å². The maximum Gasteiger partial charge on any atom is 0.202 e. The fourth-order valence-corrected chi connectivity index (χ4v) is 2.85. The van der Waals surface area contributed by atoms with Crippen molar-refractivity contribution in [1.29, 1.82) is 0 Å². The molecule has 0 spiro atoms. The van der Waals surface area contributed by atoms with Crippen LogP contribution >= 0.6 is 0 Å². The minimum absolute atomic E-state index is 0.476. The van der Waals surface area contributed by atoms with Gasteiger partial charge < -0.3 is 14.6 Å². The van der Waals surface area contributed by atoms with Crippen molar-refractivity contribution in [2.24, 2.45) is 5.41 Å². The molecule has 0 bridgehead atoms. The van der Waals surface area contributed by atoms with Crippen LogP contribution in [-0.4, -0.2) is 28.8 Å². The van der Waals surface area contributed by atoms with Crippen molar-refractivity contribution < 1.29 is 4.74 Å². The summed E-state index contributed by atoms with van der Waals surface area (Å²) in [5, 5.41) is 3.60. The zero-order valence-corrected chi connectivity index (χ0v) is 12.5. The van der Waals surface area contributed by atoms with E-state index in [-0.39, 0.29) is 0 Å². The maximum absolute atomic E-state index is 5.38. The van der Waals surface area contributed by atoms with Gasteiger partial charge in [0.15, 0.2) is 0 Å². The Morgan fingerprint density at radius 3 is 3.05 bits per heavy atom. The molecule has 19 heavy (non-hydrogen) atoms. The van der Waals surface area contributed by atoms with Crippen LogP contribution in [0, 0.1) is 5.41 Å². The van der Waals surface area contributed by atoms with E-state index < -0.39 is 0 Å². The second-order valence-electron chi connectivity index (χ2n) is 6.24. The molecule has 1 fully saturated rings. The summed E-state index contributed by atoms with van der Waals surface area (Å²) in [5.74, 6) is 1.01. The first-order valence-corrected chi connectivity index (χ1v) is 7.46. The predicted octanol–water partition coefficient (Wildman–Crippen LogP) is 3.30. The van der Waals surface area contributed by atoms with Crippen LogP contribution in [-0.2, 0) is 11.3 Å². The zero-order valence-electron chi connectivity index (χ0n) is 12.5. The van der Waals surface area contributed by atoms with E-state index in [0.29, 0.717) is 11.5 Å². The lowest BCUT2D eigenvalue weighted by molar-refractivity contribution is 0.142. The highest BCUT2D eigenvalue weighted by molar-refractivity contribution is 5.28. The molecule has 0 amide bonds. The monoisotopic (exact) mass is 265 g/mol. The number of nitrogens with one attached hydrogen (secondary N) is 1. The third-order valence-electron chi connectivity index (χ3n) is 3.91. The van der Waals surface area contributed by atoms with Gasteiger partial charge in [-0.05, 0) is 38.0 Å². The average Bonchev–Trinajstić information content (AvgIpc) is 2.92. The highest BCUT2D eigenvalue weighted by Crippen LogP contribution is 2.38. The smallest absolute Gasteiger partial charge is 0.202 e. The molecule has 0 saturated heterocycles. The van der Waals surface area contributed by atoms with Gasteiger partial charge in [-0.15, -0.1) is 0 Å². The van der Waals surface area contributed by atoms with E-state index in [1.165, 1.54) is 19.3 Å². The van der Waals surface area contributed by atoms with Crippen LogP contribution < -0.4 is 5.32 Å². The van der Waals surface area contributed by atoms with Gasteiger partial charge in [-0.3, -0.25) is 0 Å². The Hall–Kier alpha value is -1.03. The van der Waals surface area contributed by atoms with Gasteiger partial charge in [0.25, 0.3) is 0 Å². The first-order valence-electron chi connectivity index (χ1n) is 7.46. The van der Waals surface area contributed by atoms with Gasteiger partial charge in [0.2, 0.25) is 5.95 Å². The molecule has 1 unspecified atom stereocenters. The highest BCUT2D eigenvalue weighted by Gasteiger charge is 2.31. The molecule has 1 aromatic rings. The number of aryl methyl sites for hydroxylation is 1. The third kappa shape index (κ3) is 4.23. The summed E-state index contributed by atoms with van der Waals surface area (Å²) in [7, 11) is 0. The molecule has 0 aromatic carbocycles. The van der Waals surface area contributed by atoms with E-state index in [1.807, 2.05) is 19.3 Å². The van der Waals surface area contributed by atoms with Crippen molar-refractivity contribution in [3.05, 3.63) is 12.4 Å². The lowest BCUT2D eigenvalue weighted by atomic mass is 9.92. The van der Waals surface area contributed by atoms with Crippen molar-refractivity contribution in [2.75, 3.05) is 18.5 Å². The Bertz CT molecular complexity index is 386. The molecule has 1 atom stereocenters. The molecule has 4 nitrogen and oxygen atoms in total. The molecule has 1 heterocycles. The molecular formula is C15H27N3O. The lowest BCUT2D eigenvalue weighted by Gasteiger charge is -2.18. The third-order valence-corrected chi connectivity index (χ3v) is 3.91. The number of ether oxygens (including phenoxy) is 1. The molecule has 1 aliphatic rings. The number of aromatic nitrogens is 2. The Kier molecular flexibility index (Phi) is 4.86. The summed E-state index contributed by atoms with van der Waals surface area (Å²) in [6, 6.07) is 0.572. The van der Waals surface area contributed by atoms with Crippen molar-refractivity contribution in [2.45, 2.75) is 59.0 Å². The SMILES string of the molecule is CCOCCCn1ccnc1NC1CCC(C)(C)C1. The van der Waals surface area contributed by atoms with Crippen molar-refractivity contribution in [3.63, 3.8) is 0 Å². The summed E-state index contributed by atoms with van der Waals surface area (Å²) >= 11 is 0. The number of hydrogen-bond acceptors (Lipinski definition) is 3. The topological polar surface area (TPSA) is 39.1 Å². The predicted molar refractivity (Wildman–Crippen MR) is 78.4 cm³/mol. The standard InChI is InChI=1S/C15H27N3O/c1-4-19-11-5-9-18-10-8-16-14(18)17-13-6-7-15(2,3)12-13/h8,10,13H,4-7,9,11-12H2,1-3H3,(H,16,17). The Morgan fingerprint density at radius 2 is 2.37 bits per heavy atom. The summed E-state index contributed by atoms with van der Waals surface area (Å²) in [4.78, 5) is 4.44. The van der Waals surface area contributed by atoms with E-state index >= 15 is 0 Å². The molecule has 1 aromatic heterocycles. The van der Waals surface area contributed by atoms with E-state index in [4.69, 9.17) is 4.74 Å². The van der Waals surface area contributed by atoms with Gasteiger partial charge in [0, 0.05) is 38.2 Å². The van der Waals surface area contributed by atoms with E-state index in [2.05, 4.69) is 28.7 Å². The normalized spacial score (nSPS) is 21.7. The molecule has 108 valence electrons. The summed E-state index contributed by atoms with van der Waals surface area (Å²) < 4.78 is 7.58. The molecule has 1 saturated carbocycles. The van der Waals surface area contributed by atoms with Crippen LogP contribution in [0.5, 0.6) is 0 Å². The van der Waals surface area contributed by atoms with Gasteiger partial charge >= 0.3 is 0 Å². The molecule has 1 aliphatic carbocycles. The average molecular weight is 265 g/mol. The molecule has 0 aliphatic heterocycles. The van der Waals surface area contributed by atoms with Crippen LogP contribution in [0.15, 0.2) is 12.4 Å². The van der Waals surface area contributed by atoms with Crippen LogP contribution in [0.3, 0.4) is 0 Å². The van der Waals surface area contributed by atoms with Crippen molar-refractivity contribution in [1.82, 2.24) is 9.55 Å². The molecule has 2 rings (SSSR count). The Labute approximate surface area is 116 Å². The van der Waals surface area contributed by atoms with Gasteiger partial charge in [-0.25, -0.2) is 4.98 Å². The largest absolute Gasteiger partial charge is 0.382 e. The Balaban J connectivity index is 1.82. The van der Waals surface area contributed by atoms with E-state index in [1.54, 1.807) is 0 Å². The number of rotatable bonds is 7. The number of nitrogens with zero attached hydrogens (tertiary/aromatic N) is 2. The first-order chi connectivity index (χ1) is 9.11. The number of imidazole rings is 1. The molecule has 4 heteroatoms. The van der Waals surface area contributed by atoms with Crippen molar-refractivity contribution in [3.8, 4) is 0 Å². The van der Waals surface area contributed by atoms with E-state index in [9.17, 15) is 0 Å². The first kappa shape index (κ1) is 14.4. The quantitative estimate of drug-likeness (QED) is 0.769. The Morgan fingerprint density at radius 1 is 1.53 bits per heavy atom. The lowest BCUT2D eigenvalue weighted by Crippen LogP contribution is -2.20. The minimum atomic E-state index is 0.476. The van der Waals surface area contributed by atoms with Gasteiger partial charge in [-0.2, -0.15) is 0 Å². The number of hydrogen-bond donors (Lipinski definition) is 1. The number of anilines is 1. The maximum atomic E-state index is 5.38. The van der Waals surface area contributed by atoms with Gasteiger partial charge in [0.05, 0.1) is 0 Å². The zero-order chi connectivity index (χ0) is 13.7. The molecule has 0 radical (unpaired) electrons. The molecular weight excluding hydrogens is 238 g/mol. The van der Waals surface area contributed by atoms with E-state index in [0.717, 1.165) is 32.1 Å². The van der Waals surface area contributed by atoms with Crippen LogP contribution in [0.2, 0.25) is 0 Å². The summed E-state index contributed by atoms with van der Waals surface area (Å²) in [6.07, 6.45) is 8.75. The molecule has 1 N–H and O–H groups in total. The van der Waals surface area contributed by atoms with Gasteiger partial charge in [-0.1, -0.05) is 13.8 Å².